The molecule has 2 N–H and O–H groups in total. The van der Waals surface area contributed by atoms with Crippen LogP contribution in [0.4, 0.5) is 0 Å². The first-order valence-electron chi connectivity index (χ1n) is 7.17. The van der Waals surface area contributed by atoms with E-state index >= 15 is 0 Å². The van der Waals surface area contributed by atoms with E-state index in [9.17, 15) is 9.90 Å². The Balaban J connectivity index is 1.90. The van der Waals surface area contributed by atoms with Gasteiger partial charge in [0.2, 0.25) is 0 Å². The van der Waals surface area contributed by atoms with Crippen molar-refractivity contribution in [2.24, 2.45) is 0 Å². The highest BCUT2D eigenvalue weighted by atomic mass is 16.4. The van der Waals surface area contributed by atoms with E-state index in [1.54, 1.807) is 18.3 Å². The molecule has 5 heteroatoms. The van der Waals surface area contributed by atoms with Crippen LogP contribution in [0.25, 0.3) is 0 Å². The average Bonchev–Trinajstić information content (AvgIpc) is 2.45. The van der Waals surface area contributed by atoms with E-state index in [4.69, 9.17) is 5.41 Å². The van der Waals surface area contributed by atoms with Crippen LogP contribution in [0.15, 0.2) is 18.3 Å². The molecule has 0 aromatic carbocycles. The Kier molecular flexibility index (Phi) is 3.42. The number of pyridine rings is 1. The number of nitrogens with zero attached hydrogens (tertiary/aromatic N) is 2. The van der Waals surface area contributed by atoms with Crippen LogP contribution in [0.5, 0.6) is 0 Å². The highest BCUT2D eigenvalue weighted by Crippen LogP contribution is 2.40. The zero-order chi connectivity index (χ0) is 14.1. The van der Waals surface area contributed by atoms with Crippen molar-refractivity contribution in [3.63, 3.8) is 0 Å². The van der Waals surface area contributed by atoms with E-state index in [1.165, 1.54) is 12.8 Å². The molecule has 2 fully saturated rings. The summed E-state index contributed by atoms with van der Waals surface area (Å²) in [7, 11) is 0. The van der Waals surface area contributed by atoms with Gasteiger partial charge in [-0.05, 0) is 44.2 Å². The third-order valence-corrected chi connectivity index (χ3v) is 4.64. The lowest BCUT2D eigenvalue weighted by Crippen LogP contribution is -2.50. The molecule has 3 rings (SSSR count). The number of hydrogen-bond acceptors (Lipinski definition) is 3. The lowest BCUT2D eigenvalue weighted by Gasteiger charge is -2.48. The number of hydrogen-bond donors (Lipinski definition) is 2. The molecule has 20 heavy (non-hydrogen) atoms. The van der Waals surface area contributed by atoms with Gasteiger partial charge in [0.25, 0.3) is 0 Å². The first kappa shape index (κ1) is 13.1. The van der Waals surface area contributed by atoms with Crippen LogP contribution in [-0.2, 0) is 0 Å². The second-order valence-electron chi connectivity index (χ2n) is 5.72. The molecular formula is C15H19N3O2. The first-order chi connectivity index (χ1) is 9.70. The van der Waals surface area contributed by atoms with Gasteiger partial charge < -0.3 is 10.0 Å². The standard InChI is InChI=1S/C15H19N3O2/c16-9-18-11-3-1-4-12(18)8-10(7-11)14-13(15(19)20)5-2-6-17-14/h2,5-6,9-12,16H,1,3-4,7-8H2,(H,19,20). The summed E-state index contributed by atoms with van der Waals surface area (Å²) in [6.45, 7) is 0. The Labute approximate surface area is 118 Å². The van der Waals surface area contributed by atoms with Crippen LogP contribution in [0, 0.1) is 5.41 Å². The fourth-order valence-corrected chi connectivity index (χ4v) is 3.78. The van der Waals surface area contributed by atoms with Crippen molar-refractivity contribution in [1.82, 2.24) is 9.88 Å². The Hall–Kier alpha value is -1.91. The van der Waals surface area contributed by atoms with E-state index in [1.807, 2.05) is 0 Å². The predicted octanol–water partition coefficient (Wildman–Crippen LogP) is 2.49. The Morgan fingerprint density at radius 1 is 1.40 bits per heavy atom. The van der Waals surface area contributed by atoms with E-state index in [-0.39, 0.29) is 5.92 Å². The summed E-state index contributed by atoms with van der Waals surface area (Å²) in [6.07, 6.45) is 8.35. The second kappa shape index (κ2) is 5.23. The molecule has 2 bridgehead atoms. The Morgan fingerprint density at radius 3 is 2.70 bits per heavy atom. The number of fused-ring (bicyclic) bond motifs is 2. The summed E-state index contributed by atoms with van der Waals surface area (Å²) in [5, 5.41) is 16.9. The maximum absolute atomic E-state index is 11.3. The molecule has 106 valence electrons. The molecule has 0 aliphatic carbocycles. The van der Waals surface area contributed by atoms with Gasteiger partial charge in [0.15, 0.2) is 0 Å². The molecule has 2 atom stereocenters. The number of nitrogens with one attached hydrogen (secondary N) is 1. The number of carboxylic acid groups (broad SMARTS) is 1. The minimum atomic E-state index is -0.896. The first-order valence-corrected chi connectivity index (χ1v) is 7.17. The maximum Gasteiger partial charge on any atom is 0.337 e. The van der Waals surface area contributed by atoms with Crippen LogP contribution in [0.2, 0.25) is 0 Å². The van der Waals surface area contributed by atoms with Crippen molar-refractivity contribution in [2.45, 2.75) is 50.1 Å². The Bertz CT molecular complexity index is 518. The number of carbonyl (C=O) groups is 1. The number of carboxylic acids is 1. The number of piperidine rings is 2. The summed E-state index contributed by atoms with van der Waals surface area (Å²) in [4.78, 5) is 17.8. The summed E-state index contributed by atoms with van der Waals surface area (Å²) in [6, 6.07) is 4.06. The molecule has 0 saturated carbocycles. The summed E-state index contributed by atoms with van der Waals surface area (Å²) in [5.74, 6) is -0.693. The van der Waals surface area contributed by atoms with Gasteiger partial charge in [0.1, 0.15) is 0 Å². The lowest BCUT2D eigenvalue weighted by atomic mass is 9.76. The smallest absolute Gasteiger partial charge is 0.337 e. The van der Waals surface area contributed by atoms with Crippen LogP contribution in [0.1, 0.15) is 54.1 Å². The molecule has 1 aromatic heterocycles. The van der Waals surface area contributed by atoms with Crippen LogP contribution >= 0.6 is 0 Å². The van der Waals surface area contributed by atoms with Crippen LogP contribution in [0.3, 0.4) is 0 Å². The van der Waals surface area contributed by atoms with Gasteiger partial charge in [-0.3, -0.25) is 10.4 Å². The molecule has 2 aliphatic heterocycles. The van der Waals surface area contributed by atoms with E-state index in [0.29, 0.717) is 17.6 Å². The average molecular weight is 273 g/mol. The number of aromatic nitrogens is 1. The summed E-state index contributed by atoms with van der Waals surface area (Å²) < 4.78 is 0. The van der Waals surface area contributed by atoms with E-state index in [0.717, 1.165) is 31.4 Å². The molecule has 3 heterocycles. The summed E-state index contributed by atoms with van der Waals surface area (Å²) in [5.41, 5.74) is 1.06. The van der Waals surface area contributed by atoms with Crippen molar-refractivity contribution in [2.75, 3.05) is 0 Å². The zero-order valence-electron chi connectivity index (χ0n) is 11.3. The van der Waals surface area contributed by atoms with Crippen LogP contribution < -0.4 is 0 Å². The lowest BCUT2D eigenvalue weighted by molar-refractivity contribution is 0.0688. The minimum absolute atomic E-state index is 0.203. The quantitative estimate of drug-likeness (QED) is 0.655. The van der Waals surface area contributed by atoms with Crippen molar-refractivity contribution in [3.8, 4) is 0 Å². The van der Waals surface area contributed by atoms with Gasteiger partial charge >= 0.3 is 5.97 Å². The van der Waals surface area contributed by atoms with Crippen molar-refractivity contribution in [1.29, 1.82) is 5.41 Å². The van der Waals surface area contributed by atoms with Crippen molar-refractivity contribution >= 4 is 12.3 Å². The fraction of sp³-hybridized carbons (Fsp3) is 0.533. The van der Waals surface area contributed by atoms with Gasteiger partial charge in [0.05, 0.1) is 17.6 Å². The summed E-state index contributed by atoms with van der Waals surface area (Å²) >= 11 is 0. The molecule has 0 amide bonds. The number of rotatable bonds is 3. The molecule has 2 unspecified atom stereocenters. The maximum atomic E-state index is 11.3. The number of aromatic carboxylic acids is 1. The van der Waals surface area contributed by atoms with Gasteiger partial charge in [-0.25, -0.2) is 4.79 Å². The minimum Gasteiger partial charge on any atom is -0.478 e. The fourth-order valence-electron chi connectivity index (χ4n) is 3.78. The van der Waals surface area contributed by atoms with Crippen molar-refractivity contribution in [3.05, 3.63) is 29.6 Å². The molecule has 1 aromatic rings. The topological polar surface area (TPSA) is 77.3 Å². The van der Waals surface area contributed by atoms with Gasteiger partial charge in [-0.15, -0.1) is 0 Å². The molecule has 2 saturated heterocycles. The second-order valence-corrected chi connectivity index (χ2v) is 5.72. The normalized spacial score (nSPS) is 29.0. The molecule has 5 nitrogen and oxygen atoms in total. The van der Waals surface area contributed by atoms with Gasteiger partial charge in [-0.2, -0.15) is 0 Å². The molecular weight excluding hydrogens is 254 g/mol. The molecule has 0 spiro atoms. The Morgan fingerprint density at radius 2 is 2.10 bits per heavy atom. The van der Waals surface area contributed by atoms with Gasteiger partial charge in [-0.1, -0.05) is 0 Å². The van der Waals surface area contributed by atoms with Crippen LogP contribution in [-0.4, -0.2) is 39.4 Å². The van der Waals surface area contributed by atoms with Crippen molar-refractivity contribution < 1.29 is 9.90 Å². The SMILES string of the molecule is N=CN1C2CCCC1CC(c1ncccc1C(=O)O)C2. The zero-order valence-corrected chi connectivity index (χ0v) is 11.3. The highest BCUT2D eigenvalue weighted by Gasteiger charge is 2.38. The van der Waals surface area contributed by atoms with E-state index in [2.05, 4.69) is 9.88 Å². The molecule has 2 aliphatic rings. The monoisotopic (exact) mass is 273 g/mol. The van der Waals surface area contributed by atoms with Gasteiger partial charge in [0, 0.05) is 24.2 Å². The predicted molar refractivity (Wildman–Crippen MR) is 75.2 cm³/mol. The highest BCUT2D eigenvalue weighted by molar-refractivity contribution is 5.89. The third-order valence-electron chi connectivity index (χ3n) is 4.64. The third kappa shape index (κ3) is 2.17. The van der Waals surface area contributed by atoms with E-state index < -0.39 is 5.97 Å². The largest absolute Gasteiger partial charge is 0.478 e. The molecule has 0 radical (unpaired) electrons.